The number of nitrogens with one attached hydrogen (secondary N) is 1. The molecule has 5 nitrogen and oxygen atoms in total. The van der Waals surface area contributed by atoms with E-state index in [2.05, 4.69) is 14.6 Å². The van der Waals surface area contributed by atoms with Crippen molar-refractivity contribution in [1.29, 1.82) is 0 Å². The maximum atomic E-state index is 12.1. The van der Waals surface area contributed by atoms with Gasteiger partial charge in [0.1, 0.15) is 10.0 Å². The monoisotopic (exact) mass is 309 g/mol. The summed E-state index contributed by atoms with van der Waals surface area (Å²) in [4.78, 5) is 5.84. The van der Waals surface area contributed by atoms with Crippen LogP contribution in [0.15, 0.2) is 17.2 Å². The minimum absolute atomic E-state index is 0.0338. The molecule has 2 rings (SSSR count). The van der Waals surface area contributed by atoms with Gasteiger partial charge < -0.3 is 4.90 Å². The predicted molar refractivity (Wildman–Crippen MR) is 70.5 cm³/mol. The van der Waals surface area contributed by atoms with E-state index in [4.69, 9.17) is 23.2 Å². The zero-order valence-electron chi connectivity index (χ0n) is 9.73. The second-order valence-electron chi connectivity index (χ2n) is 4.31. The van der Waals surface area contributed by atoms with Gasteiger partial charge in [0.05, 0.1) is 5.02 Å². The molecule has 1 aliphatic rings. The second kappa shape index (κ2) is 5.30. The van der Waals surface area contributed by atoms with Crippen molar-refractivity contribution >= 4 is 33.2 Å². The molecule has 0 amide bonds. The molecule has 0 aliphatic carbocycles. The van der Waals surface area contributed by atoms with Crippen LogP contribution in [0.1, 0.15) is 6.42 Å². The lowest BCUT2D eigenvalue weighted by molar-refractivity contribution is 0.407. The smallest absolute Gasteiger partial charge is 0.242 e. The first-order valence-corrected chi connectivity index (χ1v) is 7.64. The molecule has 1 N–H and O–H groups in total. The van der Waals surface area contributed by atoms with Crippen LogP contribution in [0.4, 0.5) is 0 Å². The summed E-state index contributed by atoms with van der Waals surface area (Å²) in [6.45, 7) is 1.58. The minimum atomic E-state index is -3.59. The zero-order chi connectivity index (χ0) is 13.3. The Balaban J connectivity index is 2.17. The zero-order valence-corrected chi connectivity index (χ0v) is 12.1. The minimum Gasteiger partial charge on any atom is -0.305 e. The van der Waals surface area contributed by atoms with Gasteiger partial charge in [-0.25, -0.2) is 18.1 Å². The van der Waals surface area contributed by atoms with Crippen molar-refractivity contribution in [2.45, 2.75) is 17.4 Å². The first-order chi connectivity index (χ1) is 8.38. The molecule has 0 bridgehead atoms. The van der Waals surface area contributed by atoms with Gasteiger partial charge >= 0.3 is 0 Å². The van der Waals surface area contributed by atoms with E-state index < -0.39 is 10.0 Å². The van der Waals surface area contributed by atoms with E-state index in [1.54, 1.807) is 0 Å². The molecule has 100 valence electrons. The topological polar surface area (TPSA) is 62.3 Å². The summed E-state index contributed by atoms with van der Waals surface area (Å²) < 4.78 is 26.8. The number of likely N-dealkylation sites (N-methyl/N-ethyl adjacent to an activating group) is 1. The first kappa shape index (κ1) is 14.0. The third-order valence-electron chi connectivity index (χ3n) is 2.79. The lowest BCUT2D eigenvalue weighted by atomic mass is 10.3. The van der Waals surface area contributed by atoms with Gasteiger partial charge in [0.25, 0.3) is 0 Å². The number of sulfonamides is 1. The molecule has 18 heavy (non-hydrogen) atoms. The average Bonchev–Trinajstić information content (AvgIpc) is 2.67. The average molecular weight is 310 g/mol. The van der Waals surface area contributed by atoms with Crippen LogP contribution in [0.5, 0.6) is 0 Å². The lowest BCUT2D eigenvalue weighted by Crippen LogP contribution is -2.36. The van der Waals surface area contributed by atoms with Gasteiger partial charge in [-0.05, 0) is 26.1 Å². The Hall–Kier alpha value is -0.400. The molecule has 2 heterocycles. The number of pyridine rings is 1. The molecule has 1 aromatic rings. The second-order valence-corrected chi connectivity index (χ2v) is 6.79. The fourth-order valence-corrected chi connectivity index (χ4v) is 3.44. The molecule has 1 atom stereocenters. The van der Waals surface area contributed by atoms with Crippen molar-refractivity contribution in [1.82, 2.24) is 14.6 Å². The molecule has 1 fully saturated rings. The molecular formula is C10H13Cl2N3O2S. The summed E-state index contributed by atoms with van der Waals surface area (Å²) in [6, 6.07) is 1.23. The predicted octanol–water partition coefficient (Wildman–Crippen LogP) is 1.37. The summed E-state index contributed by atoms with van der Waals surface area (Å²) >= 11 is 11.4. The van der Waals surface area contributed by atoms with Crippen LogP contribution in [0, 0.1) is 0 Å². The van der Waals surface area contributed by atoms with E-state index in [1.165, 1.54) is 12.3 Å². The largest absolute Gasteiger partial charge is 0.305 e. The number of rotatable bonds is 3. The number of hydrogen-bond acceptors (Lipinski definition) is 4. The van der Waals surface area contributed by atoms with Crippen LogP contribution in [-0.4, -0.2) is 44.5 Å². The maximum Gasteiger partial charge on any atom is 0.242 e. The van der Waals surface area contributed by atoms with Gasteiger partial charge in [-0.15, -0.1) is 0 Å². The van der Waals surface area contributed by atoms with Crippen LogP contribution < -0.4 is 4.72 Å². The van der Waals surface area contributed by atoms with Crippen molar-refractivity contribution in [3.63, 3.8) is 0 Å². The van der Waals surface area contributed by atoms with Crippen molar-refractivity contribution in [3.05, 3.63) is 22.4 Å². The maximum absolute atomic E-state index is 12.1. The van der Waals surface area contributed by atoms with Gasteiger partial charge in [-0.3, -0.25) is 0 Å². The molecule has 1 unspecified atom stereocenters. The summed E-state index contributed by atoms with van der Waals surface area (Å²) in [6.07, 6.45) is 2.00. The SMILES string of the molecule is CN1CCC(NS(=O)(=O)c2cnc(Cl)c(Cl)c2)C1. The molecule has 0 radical (unpaired) electrons. The molecule has 0 aromatic carbocycles. The Morgan fingerprint density at radius 2 is 2.22 bits per heavy atom. The Kier molecular flexibility index (Phi) is 4.13. The highest BCUT2D eigenvalue weighted by Crippen LogP contribution is 2.22. The summed E-state index contributed by atoms with van der Waals surface area (Å²) in [5.74, 6) is 0. The highest BCUT2D eigenvalue weighted by Gasteiger charge is 2.26. The summed E-state index contributed by atoms with van der Waals surface area (Å²) in [7, 11) is -1.64. The molecule has 0 saturated carbocycles. The number of hydrogen-bond donors (Lipinski definition) is 1. The van der Waals surface area contributed by atoms with E-state index in [-0.39, 0.29) is 21.1 Å². The number of nitrogens with zero attached hydrogens (tertiary/aromatic N) is 2. The van der Waals surface area contributed by atoms with Crippen molar-refractivity contribution in [2.24, 2.45) is 0 Å². The summed E-state index contributed by atoms with van der Waals surface area (Å²) in [5, 5.41) is 0.222. The van der Waals surface area contributed by atoms with Crippen LogP contribution >= 0.6 is 23.2 Å². The third kappa shape index (κ3) is 3.13. The summed E-state index contributed by atoms with van der Waals surface area (Å²) in [5.41, 5.74) is 0. The fourth-order valence-electron chi connectivity index (χ4n) is 1.87. The van der Waals surface area contributed by atoms with Gasteiger partial charge in [0.2, 0.25) is 10.0 Å². The van der Waals surface area contributed by atoms with Gasteiger partial charge in [-0.2, -0.15) is 0 Å². The molecular weight excluding hydrogens is 297 g/mol. The Morgan fingerprint density at radius 1 is 1.50 bits per heavy atom. The Bertz CT molecular complexity index is 550. The lowest BCUT2D eigenvalue weighted by Gasteiger charge is -2.13. The normalized spacial score (nSPS) is 21.4. The molecule has 1 saturated heterocycles. The van der Waals surface area contributed by atoms with E-state index in [0.29, 0.717) is 6.54 Å². The number of halogens is 2. The van der Waals surface area contributed by atoms with Crippen LogP contribution in [0.3, 0.4) is 0 Å². The highest BCUT2D eigenvalue weighted by atomic mass is 35.5. The quantitative estimate of drug-likeness (QED) is 0.857. The van der Waals surface area contributed by atoms with Gasteiger partial charge in [0.15, 0.2) is 0 Å². The van der Waals surface area contributed by atoms with Crippen LogP contribution in [-0.2, 0) is 10.0 Å². The van der Waals surface area contributed by atoms with E-state index >= 15 is 0 Å². The van der Waals surface area contributed by atoms with Crippen LogP contribution in [0.25, 0.3) is 0 Å². The first-order valence-electron chi connectivity index (χ1n) is 5.40. The van der Waals surface area contributed by atoms with Gasteiger partial charge in [0, 0.05) is 18.8 Å². The van der Waals surface area contributed by atoms with E-state index in [1.807, 2.05) is 7.05 Å². The van der Waals surface area contributed by atoms with Crippen molar-refractivity contribution in [3.8, 4) is 0 Å². The molecule has 1 aromatic heterocycles. The molecule has 8 heteroatoms. The third-order valence-corrected chi connectivity index (χ3v) is 4.97. The van der Waals surface area contributed by atoms with E-state index in [9.17, 15) is 8.42 Å². The molecule has 0 spiro atoms. The fraction of sp³-hybridized carbons (Fsp3) is 0.500. The van der Waals surface area contributed by atoms with Crippen LogP contribution in [0.2, 0.25) is 10.2 Å². The Labute approximate surface area is 116 Å². The van der Waals surface area contributed by atoms with Crippen molar-refractivity contribution < 1.29 is 8.42 Å². The van der Waals surface area contributed by atoms with Gasteiger partial charge in [-0.1, -0.05) is 23.2 Å². The van der Waals surface area contributed by atoms with E-state index in [0.717, 1.165) is 13.0 Å². The number of likely N-dealkylation sites (tertiary alicyclic amines) is 1. The highest BCUT2D eigenvalue weighted by molar-refractivity contribution is 7.89. The molecule has 1 aliphatic heterocycles. The number of aromatic nitrogens is 1. The standard InChI is InChI=1S/C10H13Cl2N3O2S/c1-15-3-2-7(6-15)14-18(16,17)8-4-9(11)10(12)13-5-8/h4-5,7,14H,2-3,6H2,1H3. The van der Waals surface area contributed by atoms with Crippen molar-refractivity contribution in [2.75, 3.05) is 20.1 Å². The Morgan fingerprint density at radius 3 is 2.78 bits per heavy atom.